The van der Waals surface area contributed by atoms with Crippen molar-refractivity contribution < 1.29 is 5.11 Å². The number of fused-ring (bicyclic) bond motifs is 1. The number of nitrogen functional groups attached to an aromatic ring is 1. The van der Waals surface area contributed by atoms with Crippen LogP contribution in [0.25, 0.3) is 11.0 Å². The third-order valence-corrected chi connectivity index (χ3v) is 2.30. The summed E-state index contributed by atoms with van der Waals surface area (Å²) in [6.45, 7) is 3.83. The Hall–Kier alpha value is -1.88. The summed E-state index contributed by atoms with van der Waals surface area (Å²) in [6.07, 6.45) is 1.70. The van der Waals surface area contributed by atoms with Crippen LogP contribution in [0.4, 0.5) is 11.5 Å². The Bertz CT molecular complexity index is 534. The van der Waals surface area contributed by atoms with Crippen LogP contribution >= 0.6 is 0 Å². The van der Waals surface area contributed by atoms with Crippen molar-refractivity contribution in [1.29, 1.82) is 0 Å². The molecule has 0 fully saturated rings. The second-order valence-corrected chi connectivity index (χ2v) is 4.63. The van der Waals surface area contributed by atoms with E-state index in [1.54, 1.807) is 26.1 Å². The van der Waals surface area contributed by atoms with Gasteiger partial charge in [-0.2, -0.15) is 0 Å². The smallest absolute Gasteiger partial charge is 0.150 e. The summed E-state index contributed by atoms with van der Waals surface area (Å²) in [5.41, 5.74) is 7.13. The first kappa shape index (κ1) is 11.6. The van der Waals surface area contributed by atoms with Crippen LogP contribution in [0.5, 0.6) is 0 Å². The maximum Gasteiger partial charge on any atom is 0.150 e. The van der Waals surface area contributed by atoms with E-state index in [0.717, 1.165) is 11.0 Å². The zero-order chi connectivity index (χ0) is 12.5. The molecule has 0 saturated heterocycles. The highest BCUT2D eigenvalue weighted by Crippen LogP contribution is 2.21. The second kappa shape index (κ2) is 4.18. The van der Waals surface area contributed by atoms with E-state index in [-0.39, 0.29) is 0 Å². The van der Waals surface area contributed by atoms with Crippen LogP contribution in [0.2, 0.25) is 0 Å². The molecule has 5 nitrogen and oxygen atoms in total. The molecule has 5 heteroatoms. The van der Waals surface area contributed by atoms with Gasteiger partial charge in [0.25, 0.3) is 0 Å². The van der Waals surface area contributed by atoms with Crippen molar-refractivity contribution in [3.8, 4) is 0 Å². The van der Waals surface area contributed by atoms with Crippen LogP contribution in [0.15, 0.2) is 24.4 Å². The van der Waals surface area contributed by atoms with E-state index in [9.17, 15) is 5.11 Å². The zero-order valence-corrected chi connectivity index (χ0v) is 9.94. The van der Waals surface area contributed by atoms with Crippen LogP contribution < -0.4 is 11.1 Å². The number of rotatable bonds is 3. The highest BCUT2D eigenvalue weighted by atomic mass is 16.3. The zero-order valence-electron chi connectivity index (χ0n) is 9.94. The van der Waals surface area contributed by atoms with Crippen molar-refractivity contribution in [2.24, 2.45) is 0 Å². The number of aliphatic hydroxyl groups is 1. The lowest BCUT2D eigenvalue weighted by atomic mass is 10.1. The predicted octanol–water partition coefficient (Wildman–Crippen LogP) is 1.39. The highest BCUT2D eigenvalue weighted by molar-refractivity contribution is 5.82. The summed E-state index contributed by atoms with van der Waals surface area (Å²) in [5.74, 6) is 0.577. The summed E-state index contributed by atoms with van der Waals surface area (Å²) < 4.78 is 0. The molecule has 0 aliphatic heterocycles. The predicted molar refractivity (Wildman–Crippen MR) is 68.7 cm³/mol. The number of nitrogens with zero attached hydrogens (tertiary/aromatic N) is 2. The van der Waals surface area contributed by atoms with Gasteiger partial charge in [-0.3, -0.25) is 4.98 Å². The molecule has 2 aromatic heterocycles. The molecule has 4 N–H and O–H groups in total. The molecule has 0 unspecified atom stereocenters. The summed E-state index contributed by atoms with van der Waals surface area (Å²) in [5, 5.41) is 12.7. The number of anilines is 2. The molecule has 0 atom stereocenters. The fraction of sp³-hybridized carbons (Fsp3) is 0.333. The molecule has 0 aliphatic carbocycles. The summed E-state index contributed by atoms with van der Waals surface area (Å²) >= 11 is 0. The number of hydrogen-bond acceptors (Lipinski definition) is 5. The minimum atomic E-state index is -0.808. The van der Waals surface area contributed by atoms with Gasteiger partial charge in [0.2, 0.25) is 0 Å². The highest BCUT2D eigenvalue weighted by Gasteiger charge is 2.13. The van der Waals surface area contributed by atoms with Crippen molar-refractivity contribution in [1.82, 2.24) is 9.97 Å². The lowest BCUT2D eigenvalue weighted by Crippen LogP contribution is -2.29. The van der Waals surface area contributed by atoms with E-state index in [4.69, 9.17) is 5.73 Å². The van der Waals surface area contributed by atoms with Gasteiger partial charge in [0.05, 0.1) is 22.3 Å². The molecule has 0 radical (unpaired) electrons. The molecule has 0 spiro atoms. The van der Waals surface area contributed by atoms with E-state index < -0.39 is 5.60 Å². The minimum absolute atomic E-state index is 0.385. The molecule has 0 saturated carbocycles. The Kier molecular flexibility index (Phi) is 2.85. The molecule has 90 valence electrons. The largest absolute Gasteiger partial charge is 0.396 e. The van der Waals surface area contributed by atoms with Crippen LogP contribution in [0, 0.1) is 0 Å². The van der Waals surface area contributed by atoms with E-state index in [1.807, 2.05) is 12.1 Å². The molecular formula is C12H16N4O. The van der Waals surface area contributed by atoms with Gasteiger partial charge in [0, 0.05) is 12.7 Å². The van der Waals surface area contributed by atoms with Gasteiger partial charge in [-0.1, -0.05) is 0 Å². The summed E-state index contributed by atoms with van der Waals surface area (Å²) in [7, 11) is 0. The van der Waals surface area contributed by atoms with Gasteiger partial charge in [-0.15, -0.1) is 0 Å². The fourth-order valence-electron chi connectivity index (χ4n) is 1.46. The molecule has 2 heterocycles. The number of aromatic nitrogens is 2. The monoisotopic (exact) mass is 232 g/mol. The Balaban J connectivity index is 2.31. The van der Waals surface area contributed by atoms with Gasteiger partial charge in [-0.05, 0) is 32.0 Å². The normalized spacial score (nSPS) is 11.7. The molecule has 0 bridgehead atoms. The van der Waals surface area contributed by atoms with E-state index >= 15 is 0 Å². The van der Waals surface area contributed by atoms with Gasteiger partial charge in [0.15, 0.2) is 0 Å². The first-order valence-electron chi connectivity index (χ1n) is 5.43. The van der Waals surface area contributed by atoms with Crippen LogP contribution in [0.3, 0.4) is 0 Å². The van der Waals surface area contributed by atoms with Gasteiger partial charge < -0.3 is 16.2 Å². The molecule has 2 rings (SSSR count). The van der Waals surface area contributed by atoms with Crippen molar-refractivity contribution in [2.75, 3.05) is 17.6 Å². The summed E-state index contributed by atoms with van der Waals surface area (Å²) in [4.78, 5) is 8.54. The average Bonchev–Trinajstić information content (AvgIpc) is 2.25. The molecule has 0 aliphatic rings. The molecule has 0 amide bonds. The molecular weight excluding hydrogens is 216 g/mol. The average molecular weight is 232 g/mol. The fourth-order valence-corrected chi connectivity index (χ4v) is 1.46. The van der Waals surface area contributed by atoms with Crippen LogP contribution in [-0.4, -0.2) is 27.2 Å². The maximum absolute atomic E-state index is 9.64. The number of nitrogens with one attached hydrogen (secondary N) is 1. The number of hydrogen-bond donors (Lipinski definition) is 3. The van der Waals surface area contributed by atoms with Gasteiger partial charge in [-0.25, -0.2) is 4.98 Å². The first-order chi connectivity index (χ1) is 7.96. The first-order valence-corrected chi connectivity index (χ1v) is 5.43. The SMILES string of the molecule is CC(C)(O)CNc1nc2cccnc2cc1N. The minimum Gasteiger partial charge on any atom is -0.396 e. The molecule has 17 heavy (non-hydrogen) atoms. The van der Waals surface area contributed by atoms with E-state index in [2.05, 4.69) is 15.3 Å². The van der Waals surface area contributed by atoms with Crippen molar-refractivity contribution >= 4 is 22.5 Å². The Labute approximate surface area is 99.7 Å². The molecule has 0 aromatic carbocycles. The van der Waals surface area contributed by atoms with Crippen LogP contribution in [-0.2, 0) is 0 Å². The number of nitrogens with two attached hydrogens (primary N) is 1. The van der Waals surface area contributed by atoms with Crippen molar-refractivity contribution in [3.63, 3.8) is 0 Å². The topological polar surface area (TPSA) is 84.1 Å². The van der Waals surface area contributed by atoms with E-state index in [1.165, 1.54) is 0 Å². The third-order valence-electron chi connectivity index (χ3n) is 2.30. The number of pyridine rings is 2. The summed E-state index contributed by atoms with van der Waals surface area (Å²) in [6, 6.07) is 5.47. The van der Waals surface area contributed by atoms with Gasteiger partial charge >= 0.3 is 0 Å². The third kappa shape index (κ3) is 2.82. The maximum atomic E-state index is 9.64. The Morgan fingerprint density at radius 1 is 1.41 bits per heavy atom. The van der Waals surface area contributed by atoms with Gasteiger partial charge in [0.1, 0.15) is 5.82 Å². The lowest BCUT2D eigenvalue weighted by molar-refractivity contribution is 0.0944. The quantitative estimate of drug-likeness (QED) is 0.744. The lowest BCUT2D eigenvalue weighted by Gasteiger charge is -2.18. The van der Waals surface area contributed by atoms with Crippen LogP contribution in [0.1, 0.15) is 13.8 Å². The van der Waals surface area contributed by atoms with E-state index in [0.29, 0.717) is 18.1 Å². The second-order valence-electron chi connectivity index (χ2n) is 4.63. The standard InChI is InChI=1S/C12H16N4O/c1-12(2,17)7-15-11-8(13)6-10-9(16-11)4-3-5-14-10/h3-6,17H,7,13H2,1-2H3,(H,15,16). The Morgan fingerprint density at radius 2 is 2.18 bits per heavy atom. The van der Waals surface area contributed by atoms with Crippen molar-refractivity contribution in [2.45, 2.75) is 19.4 Å². The Morgan fingerprint density at radius 3 is 2.88 bits per heavy atom. The molecule has 2 aromatic rings. The van der Waals surface area contributed by atoms with Crippen molar-refractivity contribution in [3.05, 3.63) is 24.4 Å².